The standard InChI is InChI=1S/C36H34O3/c1-7-13-26-21-28(19-23(3)34(26)38-6)36(29-20-24(4)35(39-25(5)37)27(22-29)14-8-2)32-17-11-9-15-30(32)31-16-10-12-18-33(31)36/h7-12,15-22H,1-2,13-14H2,3-6H3. The summed E-state index contributed by atoms with van der Waals surface area (Å²) in [5.41, 5.74) is 10.6. The fraction of sp³-hybridized carbons (Fsp3) is 0.194. The molecule has 0 fully saturated rings. The molecule has 0 spiro atoms. The Kier molecular flexibility index (Phi) is 7.01. The first kappa shape index (κ1) is 26.2. The van der Waals surface area contributed by atoms with Gasteiger partial charge in [-0.05, 0) is 82.3 Å². The normalized spacial score (nSPS) is 12.8. The number of hydrogen-bond acceptors (Lipinski definition) is 3. The highest BCUT2D eigenvalue weighted by Crippen LogP contribution is 2.57. The molecule has 0 saturated heterocycles. The van der Waals surface area contributed by atoms with Gasteiger partial charge in [-0.15, -0.1) is 13.2 Å². The van der Waals surface area contributed by atoms with Crippen LogP contribution in [-0.4, -0.2) is 13.1 Å². The number of carbonyl (C=O) groups is 1. The number of esters is 1. The first-order valence-corrected chi connectivity index (χ1v) is 13.3. The molecule has 1 aliphatic rings. The molecule has 0 aliphatic heterocycles. The minimum absolute atomic E-state index is 0.331. The van der Waals surface area contributed by atoms with E-state index in [4.69, 9.17) is 9.47 Å². The second-order valence-electron chi connectivity index (χ2n) is 10.2. The van der Waals surface area contributed by atoms with Gasteiger partial charge in [-0.25, -0.2) is 0 Å². The van der Waals surface area contributed by atoms with Gasteiger partial charge in [-0.1, -0.05) is 84.9 Å². The van der Waals surface area contributed by atoms with Crippen molar-refractivity contribution in [1.82, 2.24) is 0 Å². The van der Waals surface area contributed by atoms with Crippen LogP contribution in [0, 0.1) is 13.8 Å². The summed E-state index contributed by atoms with van der Waals surface area (Å²) in [7, 11) is 1.73. The second-order valence-corrected chi connectivity index (χ2v) is 10.2. The molecule has 5 rings (SSSR count). The highest BCUT2D eigenvalue weighted by molar-refractivity contribution is 5.86. The molecule has 0 atom stereocenters. The molecule has 1 aliphatic carbocycles. The Balaban J connectivity index is 1.94. The third-order valence-corrected chi connectivity index (χ3v) is 7.70. The summed E-state index contributed by atoms with van der Waals surface area (Å²) < 4.78 is 11.5. The molecule has 0 N–H and O–H groups in total. The molecule has 3 heteroatoms. The molecule has 0 unspecified atom stereocenters. The number of aryl methyl sites for hydroxylation is 2. The van der Waals surface area contributed by atoms with Crippen LogP contribution in [0.3, 0.4) is 0 Å². The molecule has 0 heterocycles. The second kappa shape index (κ2) is 10.4. The maximum atomic E-state index is 12.0. The van der Waals surface area contributed by atoms with Crippen LogP contribution in [0.25, 0.3) is 11.1 Å². The Morgan fingerprint density at radius 1 is 0.769 bits per heavy atom. The van der Waals surface area contributed by atoms with Gasteiger partial charge in [0.2, 0.25) is 0 Å². The van der Waals surface area contributed by atoms with Crippen molar-refractivity contribution in [3.8, 4) is 22.6 Å². The maximum Gasteiger partial charge on any atom is 0.308 e. The van der Waals surface area contributed by atoms with Crippen LogP contribution in [0.1, 0.15) is 51.4 Å². The predicted molar refractivity (Wildman–Crippen MR) is 159 cm³/mol. The average Bonchev–Trinajstić information content (AvgIpc) is 3.22. The number of benzene rings is 4. The van der Waals surface area contributed by atoms with Gasteiger partial charge < -0.3 is 9.47 Å². The molecule has 3 nitrogen and oxygen atoms in total. The van der Waals surface area contributed by atoms with Crippen LogP contribution < -0.4 is 9.47 Å². The largest absolute Gasteiger partial charge is 0.496 e. The molecule has 0 amide bonds. The number of methoxy groups -OCH3 is 1. The minimum atomic E-state index is -0.588. The van der Waals surface area contributed by atoms with Crippen molar-refractivity contribution < 1.29 is 14.3 Å². The molecule has 196 valence electrons. The van der Waals surface area contributed by atoms with Crippen molar-refractivity contribution in [2.75, 3.05) is 7.11 Å². The van der Waals surface area contributed by atoms with E-state index in [1.807, 2.05) is 19.1 Å². The summed E-state index contributed by atoms with van der Waals surface area (Å²) in [5, 5.41) is 0. The summed E-state index contributed by atoms with van der Waals surface area (Å²) in [6.45, 7) is 13.5. The lowest BCUT2D eigenvalue weighted by molar-refractivity contribution is -0.131. The van der Waals surface area contributed by atoms with E-state index in [1.54, 1.807) is 7.11 Å². The zero-order chi connectivity index (χ0) is 27.7. The number of carbonyl (C=O) groups excluding carboxylic acids is 1. The van der Waals surface area contributed by atoms with Crippen molar-refractivity contribution in [3.63, 3.8) is 0 Å². The van der Waals surface area contributed by atoms with E-state index in [-0.39, 0.29) is 5.97 Å². The Morgan fingerprint density at radius 3 is 1.69 bits per heavy atom. The molecule has 4 aromatic rings. The highest BCUT2D eigenvalue weighted by Gasteiger charge is 2.46. The molecule has 0 saturated carbocycles. The van der Waals surface area contributed by atoms with Gasteiger partial charge in [0.25, 0.3) is 0 Å². The fourth-order valence-electron chi connectivity index (χ4n) is 6.35. The van der Waals surface area contributed by atoms with Crippen molar-refractivity contribution in [3.05, 3.63) is 143 Å². The van der Waals surface area contributed by atoms with Crippen molar-refractivity contribution in [2.45, 2.75) is 39.0 Å². The Morgan fingerprint density at radius 2 is 1.23 bits per heavy atom. The van der Waals surface area contributed by atoms with Crippen LogP contribution in [-0.2, 0) is 23.1 Å². The zero-order valence-electron chi connectivity index (χ0n) is 23.1. The minimum Gasteiger partial charge on any atom is -0.496 e. The smallest absolute Gasteiger partial charge is 0.308 e. The van der Waals surface area contributed by atoms with Gasteiger partial charge in [0, 0.05) is 6.92 Å². The SMILES string of the molecule is C=CCc1cc(C2(c3cc(C)c(OC(C)=O)c(CC=C)c3)c3ccccc3-c3ccccc32)cc(C)c1OC. The lowest BCUT2D eigenvalue weighted by atomic mass is 9.66. The van der Waals surface area contributed by atoms with Crippen LogP contribution in [0.4, 0.5) is 0 Å². The van der Waals surface area contributed by atoms with Crippen molar-refractivity contribution in [1.29, 1.82) is 0 Å². The van der Waals surface area contributed by atoms with E-state index < -0.39 is 5.41 Å². The molecule has 0 radical (unpaired) electrons. The Bertz CT molecular complexity index is 1560. The molecule has 0 aromatic heterocycles. The first-order chi connectivity index (χ1) is 18.9. The number of allylic oxidation sites excluding steroid dienone is 2. The van der Waals surface area contributed by atoms with Crippen LogP contribution in [0.2, 0.25) is 0 Å². The van der Waals surface area contributed by atoms with E-state index in [0.717, 1.165) is 33.6 Å². The Labute approximate surface area is 231 Å². The molecule has 0 bridgehead atoms. The average molecular weight is 515 g/mol. The molecular formula is C36H34O3. The topological polar surface area (TPSA) is 35.5 Å². The van der Waals surface area contributed by atoms with Crippen LogP contribution >= 0.6 is 0 Å². The van der Waals surface area contributed by atoms with Gasteiger partial charge >= 0.3 is 5.97 Å². The molecule has 39 heavy (non-hydrogen) atoms. The van der Waals surface area contributed by atoms with Gasteiger partial charge in [0.15, 0.2) is 0 Å². The van der Waals surface area contributed by atoms with Gasteiger partial charge in [-0.2, -0.15) is 0 Å². The van der Waals surface area contributed by atoms with E-state index in [2.05, 4.69) is 92.9 Å². The molecular weight excluding hydrogens is 480 g/mol. The van der Waals surface area contributed by atoms with Crippen molar-refractivity contribution in [2.24, 2.45) is 0 Å². The maximum absolute atomic E-state index is 12.0. The quantitative estimate of drug-likeness (QED) is 0.119. The predicted octanol–water partition coefficient (Wildman–Crippen LogP) is 8.06. The van der Waals surface area contributed by atoms with E-state index in [0.29, 0.717) is 18.6 Å². The first-order valence-electron chi connectivity index (χ1n) is 13.3. The third kappa shape index (κ3) is 4.19. The zero-order valence-corrected chi connectivity index (χ0v) is 23.1. The van der Waals surface area contributed by atoms with Crippen molar-refractivity contribution >= 4 is 5.97 Å². The Hall–Kier alpha value is -4.37. The number of fused-ring (bicyclic) bond motifs is 3. The van der Waals surface area contributed by atoms with E-state index in [1.165, 1.54) is 34.7 Å². The monoisotopic (exact) mass is 514 g/mol. The lowest BCUT2D eigenvalue weighted by Crippen LogP contribution is -2.29. The number of hydrogen-bond donors (Lipinski definition) is 0. The molecule has 4 aromatic carbocycles. The summed E-state index contributed by atoms with van der Waals surface area (Å²) >= 11 is 0. The summed E-state index contributed by atoms with van der Waals surface area (Å²) in [6, 6.07) is 26.2. The van der Waals surface area contributed by atoms with Crippen LogP contribution in [0.15, 0.2) is 98.1 Å². The highest BCUT2D eigenvalue weighted by atomic mass is 16.5. The van der Waals surface area contributed by atoms with Gasteiger partial charge in [-0.3, -0.25) is 4.79 Å². The lowest BCUT2D eigenvalue weighted by Gasteiger charge is -2.35. The third-order valence-electron chi connectivity index (χ3n) is 7.70. The number of rotatable bonds is 8. The van der Waals surface area contributed by atoms with E-state index in [9.17, 15) is 4.79 Å². The summed E-state index contributed by atoms with van der Waals surface area (Å²) in [5.74, 6) is 1.17. The summed E-state index contributed by atoms with van der Waals surface area (Å²) in [6.07, 6.45) is 5.06. The van der Waals surface area contributed by atoms with Crippen LogP contribution in [0.5, 0.6) is 11.5 Å². The fourth-order valence-corrected chi connectivity index (χ4v) is 6.35. The van der Waals surface area contributed by atoms with Gasteiger partial charge in [0.1, 0.15) is 11.5 Å². The number of ether oxygens (including phenoxy) is 2. The van der Waals surface area contributed by atoms with Gasteiger partial charge in [0.05, 0.1) is 12.5 Å². The van der Waals surface area contributed by atoms with E-state index >= 15 is 0 Å². The summed E-state index contributed by atoms with van der Waals surface area (Å²) in [4.78, 5) is 12.0.